The molecule has 0 heterocycles. The van der Waals surface area contributed by atoms with Crippen LogP contribution in [0.5, 0.6) is 0 Å². The minimum atomic E-state index is 0. The Balaban J connectivity index is 0. The number of rotatable bonds is 0. The van der Waals surface area contributed by atoms with Crippen LogP contribution in [0.15, 0.2) is 0 Å². The van der Waals surface area contributed by atoms with E-state index in [1.807, 2.05) is 0 Å². The van der Waals surface area contributed by atoms with E-state index in [-0.39, 0.29) is 184 Å². The van der Waals surface area contributed by atoms with Gasteiger partial charge in [-0.3, -0.25) is 0 Å². The van der Waals surface area contributed by atoms with Gasteiger partial charge in [-0.15, -0.1) is 12.4 Å². The minimum absolute atomic E-state index is 0. The molecule has 0 spiro atoms. The Hall–Kier alpha value is 5.60. The van der Waals surface area contributed by atoms with E-state index in [1.54, 1.807) is 0 Å². The van der Waals surface area contributed by atoms with Gasteiger partial charge in [-0.05, 0) is 0 Å². The summed E-state index contributed by atoms with van der Waals surface area (Å²) >= 11 is 0. The molecule has 22 valence electrons. The summed E-state index contributed by atoms with van der Waals surface area (Å²) < 4.78 is 0. The molecule has 0 bridgehead atoms. The normalized spacial score (nSPS) is 0. The van der Waals surface area contributed by atoms with Crippen LogP contribution in [0.1, 0.15) is 9.99 Å². The van der Waals surface area contributed by atoms with Gasteiger partial charge in [-0.25, -0.2) is 0 Å². The van der Waals surface area contributed by atoms with E-state index >= 15 is 0 Å². The zero-order chi connectivity index (χ0) is 0. The number of halogens is 1. The first-order valence-corrected chi connectivity index (χ1v) is 0. The Morgan fingerprint density at radius 3 is 1.20 bits per heavy atom. The summed E-state index contributed by atoms with van der Waals surface area (Å²) in [6.07, 6.45) is 0. The molecule has 0 aromatic heterocycles. The van der Waals surface area contributed by atoms with E-state index < -0.39 is 0 Å². The molecule has 0 aliphatic heterocycles. The van der Waals surface area contributed by atoms with Gasteiger partial charge in [0.25, 0.3) is 0 Å². The minimum Gasteiger partial charge on any atom is -1.00 e. The molecule has 0 amide bonds. The second kappa shape index (κ2) is 22.6. The summed E-state index contributed by atoms with van der Waals surface area (Å²) in [5, 5.41) is 0. The molecular formula is H8BaCaClNaSr. The van der Waals surface area contributed by atoms with Crippen LogP contribution in [-0.4, -0.2) is 132 Å². The van der Waals surface area contributed by atoms with Crippen molar-refractivity contribution in [2.75, 3.05) is 0 Å². The molecule has 5 heavy (non-hydrogen) atoms. The maximum atomic E-state index is 0. The predicted octanol–water partition coefficient (Wildman–Crippen LogP) is -2.93. The van der Waals surface area contributed by atoms with Crippen LogP contribution in [0.2, 0.25) is 0 Å². The van der Waals surface area contributed by atoms with Gasteiger partial charge in [0, 0.05) is 0 Å². The topological polar surface area (TPSA) is 0 Å². The molecular weight excluding hydrogens is 323 g/mol. The molecule has 0 aromatic carbocycles. The Morgan fingerprint density at radius 1 is 1.20 bits per heavy atom. The molecule has 0 unspecified atom stereocenters. The van der Waals surface area contributed by atoms with Gasteiger partial charge in [-0.1, -0.05) is 0 Å². The summed E-state index contributed by atoms with van der Waals surface area (Å²) in [5.74, 6) is 0. The van der Waals surface area contributed by atoms with Gasteiger partial charge in [0.05, 0.1) is 0 Å². The third-order valence-corrected chi connectivity index (χ3v) is 0. The van der Waals surface area contributed by atoms with Crippen molar-refractivity contribution in [2.24, 2.45) is 0 Å². The zero-order valence-corrected chi connectivity index (χ0v) is 16.5. The largest absolute Gasteiger partial charge is 2.00 e. The smallest absolute Gasteiger partial charge is 1.00 e. The molecule has 0 aliphatic carbocycles. The van der Waals surface area contributed by atoms with Crippen molar-refractivity contribution in [2.45, 2.75) is 0 Å². The van der Waals surface area contributed by atoms with Crippen LogP contribution in [0.25, 0.3) is 0 Å². The van der Waals surface area contributed by atoms with Gasteiger partial charge < -0.3 is 9.99 Å². The molecule has 0 fully saturated rings. The van der Waals surface area contributed by atoms with Gasteiger partial charge >= 0.3 is 162 Å². The Kier molecular flexibility index (Phi) is 141. The van der Waals surface area contributed by atoms with Crippen LogP contribution in [0, 0.1) is 0 Å². The first-order valence-electron chi connectivity index (χ1n) is 0. The van der Waals surface area contributed by atoms with Crippen molar-refractivity contribution in [3.05, 3.63) is 0 Å². The Bertz CT molecular complexity index is 23.4. The van der Waals surface area contributed by atoms with Crippen LogP contribution in [0.4, 0.5) is 0 Å². The quantitative estimate of drug-likeness (QED) is 0.417. The van der Waals surface area contributed by atoms with E-state index in [4.69, 9.17) is 0 Å². The average Bonchev–Trinajstić information content (AvgIpc) is 0. The number of hydrogen-bond acceptors (Lipinski definition) is 0. The zero-order valence-electron chi connectivity index (χ0n) is 10.5. The molecule has 5 heteroatoms. The summed E-state index contributed by atoms with van der Waals surface area (Å²) in [7, 11) is 0. The molecule has 0 rings (SSSR count). The fourth-order valence-corrected chi connectivity index (χ4v) is 0. The molecule has 0 aromatic rings. The van der Waals surface area contributed by atoms with Gasteiger partial charge in [-0.2, -0.15) is 0 Å². The molecule has 0 saturated heterocycles. The van der Waals surface area contributed by atoms with Crippen LogP contribution >= 0.6 is 12.4 Å². The monoisotopic (exact) mass is 332 g/mol. The van der Waals surface area contributed by atoms with E-state index in [0.717, 1.165) is 0 Å². The van der Waals surface area contributed by atoms with Crippen molar-refractivity contribution in [1.82, 2.24) is 0 Å². The third kappa shape index (κ3) is 17.7. The van der Waals surface area contributed by atoms with E-state index in [0.29, 0.717) is 0 Å². The van der Waals surface area contributed by atoms with Crippen molar-refractivity contribution < 1.29 is 39.5 Å². The van der Waals surface area contributed by atoms with Crippen LogP contribution in [0.3, 0.4) is 0 Å². The molecule has 0 aliphatic rings. The first-order chi connectivity index (χ1) is 0. The second-order valence-corrected chi connectivity index (χ2v) is 0. The number of hydrogen-bond donors (Lipinski definition) is 0. The predicted molar refractivity (Wildman–Crippen MR) is 32.3 cm³/mol. The maximum absolute atomic E-state index is 0. The van der Waals surface area contributed by atoms with Crippen molar-refractivity contribution in [3.8, 4) is 0 Å². The van der Waals surface area contributed by atoms with E-state index in [9.17, 15) is 0 Å². The molecule has 0 radical (unpaired) electrons. The summed E-state index contributed by atoms with van der Waals surface area (Å²) in [4.78, 5) is 0. The third-order valence-electron chi connectivity index (χ3n) is 0. The SMILES string of the molecule is Cl.[Ba+2].[Ca+2].[H-].[H-].[H-].[H-].[H-].[H-].[H-].[Na+].[Sr+2]. The average molecular weight is 332 g/mol. The van der Waals surface area contributed by atoms with Gasteiger partial charge in [0.15, 0.2) is 0 Å². The van der Waals surface area contributed by atoms with Crippen molar-refractivity contribution in [3.63, 3.8) is 0 Å². The second-order valence-electron chi connectivity index (χ2n) is 0. The molecule has 0 saturated carbocycles. The molecule has 0 nitrogen and oxygen atoms in total. The maximum Gasteiger partial charge on any atom is 2.00 e. The van der Waals surface area contributed by atoms with E-state index in [2.05, 4.69) is 0 Å². The summed E-state index contributed by atoms with van der Waals surface area (Å²) in [6.45, 7) is 0. The molecule has 0 N–H and O–H groups in total. The molecule has 0 atom stereocenters. The van der Waals surface area contributed by atoms with Crippen molar-refractivity contribution in [1.29, 1.82) is 0 Å². The van der Waals surface area contributed by atoms with E-state index in [1.165, 1.54) is 0 Å². The Labute approximate surface area is 178 Å². The van der Waals surface area contributed by atoms with Gasteiger partial charge in [0.1, 0.15) is 0 Å². The summed E-state index contributed by atoms with van der Waals surface area (Å²) in [6, 6.07) is 0. The van der Waals surface area contributed by atoms with Crippen LogP contribution in [-0.2, 0) is 0 Å². The van der Waals surface area contributed by atoms with Gasteiger partial charge in [0.2, 0.25) is 0 Å². The summed E-state index contributed by atoms with van der Waals surface area (Å²) in [5.41, 5.74) is 0. The first kappa shape index (κ1) is 31.1. The Morgan fingerprint density at radius 2 is 1.20 bits per heavy atom. The standard InChI is InChI=1S/Ba.Ca.ClH.Na.Sr.7H/h;;1H;;;;;;;;;/q2*+2;;+1;+2;7*-1. The van der Waals surface area contributed by atoms with Crippen molar-refractivity contribution >= 4 is 145 Å². The fourth-order valence-electron chi connectivity index (χ4n) is 0. The fraction of sp³-hybridized carbons (Fsp3) is 0. The van der Waals surface area contributed by atoms with Crippen LogP contribution < -0.4 is 29.6 Å².